The Labute approximate surface area is 282 Å². The molecule has 8 nitrogen and oxygen atoms in total. The number of ether oxygens (including phenoxy) is 2. The number of aromatic nitrogens is 2. The Kier molecular flexibility index (Phi) is 10.1. The van der Waals surface area contributed by atoms with E-state index in [9.17, 15) is 9.59 Å². The van der Waals surface area contributed by atoms with Gasteiger partial charge < -0.3 is 14.8 Å². The number of halogens is 1. The number of fused-ring (bicyclic) bond motifs is 1. The standard InChI is InChI=1S/C35H37ClN4O4S2/c1-34(2,3)43-32(41)38-26-14-8-7-13-24(26)30-25(16-15-22-11-9-17-37-20-22)29-31(46-30)27(19-28(36)39-29)40(21-23-12-10-18-45-23)33(42)44-35(4,5)6/h7-12,17-20,24,26H,13-14,21H2,1-6H3,(H,38,41). The number of anilines is 1. The summed E-state index contributed by atoms with van der Waals surface area (Å²) >= 11 is 9.77. The molecule has 2 atom stereocenters. The summed E-state index contributed by atoms with van der Waals surface area (Å²) in [5, 5.41) is 5.30. The van der Waals surface area contributed by atoms with Crippen molar-refractivity contribution in [1.82, 2.24) is 15.3 Å². The number of thiophene rings is 2. The van der Waals surface area contributed by atoms with Gasteiger partial charge in [0.1, 0.15) is 21.9 Å². The van der Waals surface area contributed by atoms with Crippen molar-refractivity contribution in [2.45, 2.75) is 84.1 Å². The summed E-state index contributed by atoms with van der Waals surface area (Å²) in [7, 11) is 0. The minimum Gasteiger partial charge on any atom is -0.444 e. The SMILES string of the molecule is CC(C)(C)OC(=O)NC1CC=CCC1c1sc2c(N(Cc3cccs3)C(=O)OC(C)(C)C)cc(Cl)nc2c1C#Cc1cccnc1. The van der Waals surface area contributed by atoms with Crippen molar-refractivity contribution in [2.75, 3.05) is 4.90 Å². The zero-order valence-electron chi connectivity index (χ0n) is 26.7. The lowest BCUT2D eigenvalue weighted by molar-refractivity contribution is 0.0494. The maximum atomic E-state index is 13.8. The Balaban J connectivity index is 1.68. The van der Waals surface area contributed by atoms with E-state index in [1.807, 2.05) is 71.2 Å². The number of carbonyl (C=O) groups is 2. The van der Waals surface area contributed by atoms with E-state index >= 15 is 0 Å². The van der Waals surface area contributed by atoms with Gasteiger partial charge in [0.25, 0.3) is 0 Å². The topological polar surface area (TPSA) is 93.7 Å². The number of alkyl carbamates (subject to hydrolysis) is 1. The van der Waals surface area contributed by atoms with Gasteiger partial charge in [-0.2, -0.15) is 0 Å². The number of hydrogen-bond donors (Lipinski definition) is 1. The zero-order valence-corrected chi connectivity index (χ0v) is 29.1. The van der Waals surface area contributed by atoms with Gasteiger partial charge in [0.05, 0.1) is 22.5 Å². The van der Waals surface area contributed by atoms with Gasteiger partial charge in [-0.1, -0.05) is 41.7 Å². The molecule has 0 aromatic carbocycles. The third-order valence-electron chi connectivity index (χ3n) is 6.88. The molecule has 0 radical (unpaired) electrons. The van der Waals surface area contributed by atoms with Gasteiger partial charge in [-0.15, -0.1) is 22.7 Å². The average molecular weight is 677 g/mol. The molecule has 1 aliphatic rings. The van der Waals surface area contributed by atoms with E-state index in [2.05, 4.69) is 34.3 Å². The number of rotatable bonds is 5. The molecule has 2 amide bonds. The molecule has 0 fully saturated rings. The third kappa shape index (κ3) is 8.46. The van der Waals surface area contributed by atoms with Crippen LogP contribution in [-0.4, -0.2) is 39.4 Å². The van der Waals surface area contributed by atoms with Crippen LogP contribution in [0.4, 0.5) is 15.3 Å². The summed E-state index contributed by atoms with van der Waals surface area (Å²) in [5.41, 5.74) is 1.27. The van der Waals surface area contributed by atoms with Gasteiger partial charge >= 0.3 is 12.2 Å². The van der Waals surface area contributed by atoms with Crippen LogP contribution in [0.5, 0.6) is 0 Å². The highest BCUT2D eigenvalue weighted by Gasteiger charge is 2.34. The predicted molar refractivity (Wildman–Crippen MR) is 186 cm³/mol. The van der Waals surface area contributed by atoms with Crippen LogP contribution in [0.3, 0.4) is 0 Å². The first kappa shape index (κ1) is 33.5. The maximum Gasteiger partial charge on any atom is 0.415 e. The third-order valence-corrected chi connectivity index (χ3v) is 9.27. The summed E-state index contributed by atoms with van der Waals surface area (Å²) in [5.74, 6) is 6.48. The molecule has 0 aliphatic heterocycles. The van der Waals surface area contributed by atoms with E-state index in [4.69, 9.17) is 26.1 Å². The van der Waals surface area contributed by atoms with Crippen LogP contribution >= 0.6 is 34.3 Å². The lowest BCUT2D eigenvalue weighted by atomic mass is 9.86. The van der Waals surface area contributed by atoms with E-state index in [0.717, 1.165) is 20.0 Å². The van der Waals surface area contributed by atoms with Crippen molar-refractivity contribution in [3.05, 3.63) is 86.3 Å². The number of pyridine rings is 2. The first-order valence-corrected chi connectivity index (χ1v) is 17.1. The normalized spacial score (nSPS) is 16.4. The molecule has 1 aliphatic carbocycles. The molecule has 5 rings (SSSR count). The van der Waals surface area contributed by atoms with Gasteiger partial charge in [0.2, 0.25) is 0 Å². The molecule has 0 saturated carbocycles. The summed E-state index contributed by atoms with van der Waals surface area (Å²) in [6.07, 6.45) is 7.91. The van der Waals surface area contributed by atoms with Crippen molar-refractivity contribution in [3.8, 4) is 11.8 Å². The minimum atomic E-state index is -0.712. The number of nitrogens with one attached hydrogen (secondary N) is 1. The van der Waals surface area contributed by atoms with Crippen LogP contribution in [0, 0.1) is 11.8 Å². The second-order valence-electron chi connectivity index (χ2n) is 12.9. The Bertz CT molecular complexity index is 1800. The van der Waals surface area contributed by atoms with E-state index in [1.54, 1.807) is 34.7 Å². The van der Waals surface area contributed by atoms with Gasteiger partial charge in [-0.05, 0) is 78.0 Å². The van der Waals surface area contributed by atoms with Crippen molar-refractivity contribution < 1.29 is 19.1 Å². The summed E-state index contributed by atoms with van der Waals surface area (Å²) in [6.45, 7) is 11.3. The van der Waals surface area contributed by atoms with Crippen molar-refractivity contribution in [3.63, 3.8) is 0 Å². The number of hydrogen-bond acceptors (Lipinski definition) is 8. The van der Waals surface area contributed by atoms with Crippen molar-refractivity contribution in [2.24, 2.45) is 0 Å². The Morgan fingerprint density at radius 2 is 1.83 bits per heavy atom. The highest BCUT2D eigenvalue weighted by atomic mass is 35.5. The lowest BCUT2D eigenvalue weighted by Crippen LogP contribution is -2.42. The smallest absolute Gasteiger partial charge is 0.415 e. The van der Waals surface area contributed by atoms with Gasteiger partial charge in [-0.25, -0.2) is 14.6 Å². The molecule has 46 heavy (non-hydrogen) atoms. The minimum absolute atomic E-state index is 0.131. The van der Waals surface area contributed by atoms with Gasteiger partial charge in [-0.3, -0.25) is 9.88 Å². The molecular weight excluding hydrogens is 640 g/mol. The molecule has 4 aromatic heterocycles. The quantitative estimate of drug-likeness (QED) is 0.129. The molecule has 0 spiro atoms. The van der Waals surface area contributed by atoms with Crippen molar-refractivity contribution >= 4 is 62.4 Å². The lowest BCUT2D eigenvalue weighted by Gasteiger charge is -2.30. The Morgan fingerprint density at radius 3 is 2.50 bits per heavy atom. The number of amides is 2. The second-order valence-corrected chi connectivity index (χ2v) is 15.4. The zero-order chi connectivity index (χ0) is 33.1. The highest BCUT2D eigenvalue weighted by molar-refractivity contribution is 7.20. The summed E-state index contributed by atoms with van der Waals surface area (Å²) in [4.78, 5) is 39.2. The Hall–Kier alpha value is -3.91. The first-order chi connectivity index (χ1) is 21.8. The molecule has 0 saturated heterocycles. The molecule has 2 unspecified atom stereocenters. The monoisotopic (exact) mass is 676 g/mol. The van der Waals surface area contributed by atoms with E-state index in [-0.39, 0.29) is 17.1 Å². The predicted octanol–water partition coefficient (Wildman–Crippen LogP) is 9.07. The van der Waals surface area contributed by atoms with E-state index in [0.29, 0.717) is 36.2 Å². The molecule has 4 heterocycles. The number of allylic oxidation sites excluding steroid dienone is 1. The van der Waals surface area contributed by atoms with E-state index < -0.39 is 23.4 Å². The number of carbonyl (C=O) groups excluding carboxylic acids is 2. The van der Waals surface area contributed by atoms with E-state index in [1.165, 1.54) is 11.3 Å². The summed E-state index contributed by atoms with van der Waals surface area (Å²) in [6, 6.07) is 9.11. The molecule has 240 valence electrons. The van der Waals surface area contributed by atoms with Crippen LogP contribution in [0.15, 0.2) is 60.3 Å². The average Bonchev–Trinajstić information content (AvgIpc) is 3.61. The first-order valence-electron chi connectivity index (χ1n) is 15.0. The molecule has 4 aromatic rings. The van der Waals surface area contributed by atoms with Crippen LogP contribution in [-0.2, 0) is 16.0 Å². The van der Waals surface area contributed by atoms with Crippen LogP contribution in [0.2, 0.25) is 5.15 Å². The molecule has 0 bridgehead atoms. The molecule has 1 N–H and O–H groups in total. The fourth-order valence-corrected chi connectivity index (χ4v) is 7.32. The van der Waals surface area contributed by atoms with Crippen molar-refractivity contribution in [1.29, 1.82) is 0 Å². The Morgan fingerprint density at radius 1 is 1.07 bits per heavy atom. The maximum absolute atomic E-state index is 13.8. The van der Waals surface area contributed by atoms with Crippen LogP contribution < -0.4 is 10.2 Å². The fourth-order valence-electron chi connectivity index (χ4n) is 5.04. The molecule has 11 heteroatoms. The second kappa shape index (κ2) is 13.8. The van der Waals surface area contributed by atoms with Crippen LogP contribution in [0.1, 0.15) is 81.2 Å². The van der Waals surface area contributed by atoms with Crippen LogP contribution in [0.25, 0.3) is 10.2 Å². The largest absolute Gasteiger partial charge is 0.444 e. The fraction of sp³-hybridized carbons (Fsp3) is 0.371. The summed E-state index contributed by atoms with van der Waals surface area (Å²) < 4.78 is 12.2. The van der Waals surface area contributed by atoms with Gasteiger partial charge in [0, 0.05) is 45.7 Å². The number of nitrogens with zero attached hydrogens (tertiary/aromatic N) is 3. The molecular formula is C35H37ClN4O4S2. The highest BCUT2D eigenvalue weighted by Crippen LogP contribution is 2.45. The van der Waals surface area contributed by atoms with Gasteiger partial charge in [0.15, 0.2) is 0 Å².